The summed E-state index contributed by atoms with van der Waals surface area (Å²) in [5.41, 5.74) is 1.85. The van der Waals surface area contributed by atoms with E-state index in [1.807, 2.05) is 30.7 Å². The highest BCUT2D eigenvalue weighted by atomic mass is 32.2. The van der Waals surface area contributed by atoms with Crippen molar-refractivity contribution in [2.75, 3.05) is 0 Å². The van der Waals surface area contributed by atoms with Crippen LogP contribution in [-0.4, -0.2) is 9.55 Å². The second kappa shape index (κ2) is 4.95. The largest absolute Gasteiger partial charge is 0.326 e. The molecule has 0 aliphatic rings. The molecule has 2 aromatic rings. The molecule has 0 radical (unpaired) electrons. The Morgan fingerprint density at radius 1 is 1.28 bits per heavy atom. The molecule has 2 rings (SSSR count). The number of hydrogen-bond donors (Lipinski definition) is 0. The van der Waals surface area contributed by atoms with Crippen molar-refractivity contribution in [3.63, 3.8) is 0 Å². The molecule has 0 spiro atoms. The molecule has 0 saturated carbocycles. The van der Waals surface area contributed by atoms with Gasteiger partial charge in [-0.1, -0.05) is 17.8 Å². The highest BCUT2D eigenvalue weighted by Gasteiger charge is 2.12. The summed E-state index contributed by atoms with van der Waals surface area (Å²) in [6, 6.07) is 9.36. The minimum atomic E-state index is 0.397. The van der Waals surface area contributed by atoms with Crippen LogP contribution in [0.3, 0.4) is 0 Å². The van der Waals surface area contributed by atoms with Gasteiger partial charge in [-0.2, -0.15) is 10.5 Å². The van der Waals surface area contributed by atoms with Gasteiger partial charge in [0.2, 0.25) is 0 Å². The fourth-order valence-corrected chi connectivity index (χ4v) is 2.48. The molecule has 1 heterocycles. The Kier molecular flexibility index (Phi) is 3.36. The van der Waals surface area contributed by atoms with E-state index in [2.05, 4.69) is 11.1 Å². The standard InChI is InChI=1S/C13H10N4S/c1-9-8-16-13(17(9)2)18-12-5-3-4-10(6-14)11(12)7-15/h3-5,8H,1-2H3. The summed E-state index contributed by atoms with van der Waals surface area (Å²) >= 11 is 1.39. The van der Waals surface area contributed by atoms with E-state index in [0.29, 0.717) is 11.1 Å². The van der Waals surface area contributed by atoms with Crippen molar-refractivity contribution in [3.05, 3.63) is 41.2 Å². The fourth-order valence-electron chi connectivity index (χ4n) is 1.49. The van der Waals surface area contributed by atoms with Gasteiger partial charge in [-0.25, -0.2) is 4.98 Å². The molecule has 0 saturated heterocycles. The van der Waals surface area contributed by atoms with Gasteiger partial charge in [-0.05, 0) is 19.1 Å². The maximum Gasteiger partial charge on any atom is 0.172 e. The molecule has 18 heavy (non-hydrogen) atoms. The van der Waals surface area contributed by atoms with Crippen LogP contribution in [0.15, 0.2) is 34.4 Å². The Morgan fingerprint density at radius 2 is 2.06 bits per heavy atom. The molecule has 0 aliphatic heterocycles. The average Bonchev–Trinajstić information content (AvgIpc) is 2.70. The van der Waals surface area contributed by atoms with E-state index in [4.69, 9.17) is 10.5 Å². The number of aryl methyl sites for hydroxylation is 1. The first-order valence-corrected chi connectivity index (χ1v) is 6.08. The number of nitriles is 2. The van der Waals surface area contributed by atoms with Gasteiger partial charge >= 0.3 is 0 Å². The Balaban J connectivity index is 2.45. The number of rotatable bonds is 2. The molecule has 0 bridgehead atoms. The molecule has 1 aromatic heterocycles. The van der Waals surface area contributed by atoms with Crippen molar-refractivity contribution in [1.29, 1.82) is 10.5 Å². The molecule has 5 heteroatoms. The van der Waals surface area contributed by atoms with Gasteiger partial charge in [0.1, 0.15) is 12.1 Å². The Morgan fingerprint density at radius 3 is 2.61 bits per heavy atom. The van der Waals surface area contributed by atoms with Crippen molar-refractivity contribution in [1.82, 2.24) is 9.55 Å². The monoisotopic (exact) mass is 254 g/mol. The number of nitrogens with zero attached hydrogens (tertiary/aromatic N) is 4. The van der Waals surface area contributed by atoms with Crippen molar-refractivity contribution in [2.24, 2.45) is 7.05 Å². The van der Waals surface area contributed by atoms with E-state index < -0.39 is 0 Å². The zero-order valence-electron chi connectivity index (χ0n) is 10.0. The van der Waals surface area contributed by atoms with Gasteiger partial charge in [0.05, 0.1) is 11.1 Å². The van der Waals surface area contributed by atoms with E-state index in [0.717, 1.165) is 15.7 Å². The number of hydrogen-bond acceptors (Lipinski definition) is 4. The third-order valence-corrected chi connectivity index (χ3v) is 3.76. The van der Waals surface area contributed by atoms with Gasteiger partial charge in [0, 0.05) is 23.8 Å². The second-order valence-corrected chi connectivity index (χ2v) is 4.75. The molecular formula is C13H10N4S. The first-order valence-electron chi connectivity index (χ1n) is 5.26. The van der Waals surface area contributed by atoms with Crippen LogP contribution in [0.2, 0.25) is 0 Å². The molecule has 0 N–H and O–H groups in total. The third-order valence-electron chi connectivity index (χ3n) is 2.64. The lowest BCUT2D eigenvalue weighted by molar-refractivity contribution is 0.765. The molecular weight excluding hydrogens is 244 g/mol. The summed E-state index contributed by atoms with van der Waals surface area (Å²) in [5.74, 6) is 0. The number of imidazole rings is 1. The predicted octanol–water partition coefficient (Wildman–Crippen LogP) is 2.62. The average molecular weight is 254 g/mol. The summed E-state index contributed by atoms with van der Waals surface area (Å²) in [7, 11) is 1.92. The minimum Gasteiger partial charge on any atom is -0.326 e. The summed E-state index contributed by atoms with van der Waals surface area (Å²) < 4.78 is 1.95. The maximum absolute atomic E-state index is 9.14. The fraction of sp³-hybridized carbons (Fsp3) is 0.154. The van der Waals surface area contributed by atoms with E-state index in [1.54, 1.807) is 18.3 Å². The zero-order chi connectivity index (χ0) is 13.1. The quantitative estimate of drug-likeness (QED) is 0.826. The lowest BCUT2D eigenvalue weighted by Crippen LogP contribution is -1.94. The molecule has 4 nitrogen and oxygen atoms in total. The zero-order valence-corrected chi connectivity index (χ0v) is 10.8. The van der Waals surface area contributed by atoms with E-state index in [9.17, 15) is 0 Å². The summed E-state index contributed by atoms with van der Waals surface area (Å²) in [5, 5.41) is 18.9. The Labute approximate surface area is 109 Å². The van der Waals surface area contributed by atoms with Crippen LogP contribution in [0, 0.1) is 29.6 Å². The van der Waals surface area contributed by atoms with Gasteiger partial charge in [-0.3, -0.25) is 0 Å². The topological polar surface area (TPSA) is 65.4 Å². The van der Waals surface area contributed by atoms with Crippen LogP contribution < -0.4 is 0 Å². The van der Waals surface area contributed by atoms with Crippen molar-refractivity contribution in [3.8, 4) is 12.1 Å². The number of aromatic nitrogens is 2. The highest BCUT2D eigenvalue weighted by molar-refractivity contribution is 7.99. The third kappa shape index (κ3) is 2.09. The molecule has 88 valence electrons. The van der Waals surface area contributed by atoms with Gasteiger partial charge in [-0.15, -0.1) is 0 Å². The molecule has 0 aliphatic carbocycles. The van der Waals surface area contributed by atoms with Crippen molar-refractivity contribution < 1.29 is 0 Å². The summed E-state index contributed by atoms with van der Waals surface area (Å²) in [6.07, 6.45) is 1.78. The molecule has 0 unspecified atom stereocenters. The van der Waals surface area contributed by atoms with Crippen LogP contribution in [0.4, 0.5) is 0 Å². The van der Waals surface area contributed by atoms with Crippen molar-refractivity contribution in [2.45, 2.75) is 17.0 Å². The minimum absolute atomic E-state index is 0.397. The van der Waals surface area contributed by atoms with E-state index in [1.165, 1.54) is 11.8 Å². The highest BCUT2D eigenvalue weighted by Crippen LogP contribution is 2.30. The SMILES string of the molecule is Cc1cnc(Sc2cccc(C#N)c2C#N)n1C. The van der Waals surface area contributed by atoms with Gasteiger partial charge in [0.15, 0.2) is 5.16 Å². The van der Waals surface area contributed by atoms with Crippen LogP contribution in [0.1, 0.15) is 16.8 Å². The van der Waals surface area contributed by atoms with Crippen LogP contribution >= 0.6 is 11.8 Å². The molecule has 0 amide bonds. The predicted molar refractivity (Wildman–Crippen MR) is 67.9 cm³/mol. The summed E-state index contributed by atoms with van der Waals surface area (Å²) in [4.78, 5) is 5.03. The smallest absolute Gasteiger partial charge is 0.172 e. The first kappa shape index (κ1) is 12.2. The Bertz CT molecular complexity index is 673. The van der Waals surface area contributed by atoms with E-state index >= 15 is 0 Å². The molecule has 1 aromatic carbocycles. The number of benzene rings is 1. The van der Waals surface area contributed by atoms with Crippen LogP contribution in [0.25, 0.3) is 0 Å². The lowest BCUT2D eigenvalue weighted by Gasteiger charge is -2.05. The van der Waals surface area contributed by atoms with Gasteiger partial charge in [0.25, 0.3) is 0 Å². The normalized spacial score (nSPS) is 9.78. The van der Waals surface area contributed by atoms with Crippen LogP contribution in [0.5, 0.6) is 0 Å². The summed E-state index contributed by atoms with van der Waals surface area (Å²) in [6.45, 7) is 1.97. The maximum atomic E-state index is 9.14. The Hall–Kier alpha value is -2.24. The van der Waals surface area contributed by atoms with Crippen molar-refractivity contribution >= 4 is 11.8 Å². The first-order chi connectivity index (χ1) is 8.67. The lowest BCUT2D eigenvalue weighted by atomic mass is 10.1. The van der Waals surface area contributed by atoms with Gasteiger partial charge < -0.3 is 4.57 Å². The second-order valence-electron chi connectivity index (χ2n) is 3.75. The molecule has 0 atom stereocenters. The molecule has 0 fully saturated rings. The van der Waals surface area contributed by atoms with E-state index in [-0.39, 0.29) is 0 Å². The van der Waals surface area contributed by atoms with Crippen LogP contribution in [-0.2, 0) is 7.05 Å².